The fourth-order valence-electron chi connectivity index (χ4n) is 12.8. The number of unbranched alkanes of at least 4 members (excludes halogenated alkanes) is 10. The number of nitrogens with zero attached hydrogens (tertiary/aromatic N) is 1. The second kappa shape index (κ2) is 57.9. The molecule has 4 aliphatic heterocycles. The molecular weight excluding hydrogens is 1450 g/mol. The van der Waals surface area contributed by atoms with Crippen LogP contribution in [0.3, 0.4) is 0 Å². The molecule has 110 heavy (non-hydrogen) atoms. The van der Waals surface area contributed by atoms with E-state index in [0.29, 0.717) is 103 Å². The van der Waals surface area contributed by atoms with Gasteiger partial charge in [-0.1, -0.05) is 38.5 Å². The van der Waals surface area contributed by atoms with Gasteiger partial charge in [-0.15, -0.1) is 0 Å². The SMILES string of the molecule is COC[C@@H]1C[C@@H](O)CN1C(=O)CCCCCCCCCCC(=O)NC(COCCC(=O)NCCCNC(=O)CCCCOC1OC(CO)CC(O)C1N)(COCCC(=O)NCCCNC(=O)CCCCOC1OC(CO)CC(O)C1N)COCCC(=O)NCCCNC(=O)CCCCOC1OC(CO)C(O)C(O)C1N. The van der Waals surface area contributed by atoms with Crippen LogP contribution in [-0.2, 0) is 85.7 Å². The van der Waals surface area contributed by atoms with Gasteiger partial charge in [0.15, 0.2) is 18.9 Å². The van der Waals surface area contributed by atoms with Gasteiger partial charge in [0.05, 0.1) is 121 Å². The van der Waals surface area contributed by atoms with Gasteiger partial charge in [-0.3, -0.25) is 38.4 Å². The Morgan fingerprint density at radius 3 is 1.15 bits per heavy atom. The molecule has 0 aromatic carbocycles. The van der Waals surface area contributed by atoms with Crippen molar-refractivity contribution in [3.8, 4) is 0 Å². The van der Waals surface area contributed by atoms with Crippen LogP contribution in [-0.4, -0.2) is 329 Å². The third-order valence-corrected chi connectivity index (χ3v) is 19.3. The van der Waals surface area contributed by atoms with Gasteiger partial charge in [0.1, 0.15) is 23.9 Å². The standard InChI is InChI=1S/C73H135N11O26/c1-101-46-50-39-51(88)42-84(50)64(98)23-9-7-5-3-2-4-6-8-22-63(97)83-73(47-102-36-24-60(94)80-30-16-27-77-57(91)19-10-13-33-105-70-65(74)54(89)40-52(43-85)108-70,48-103-37-25-61(95)81-31-17-28-78-58(92)20-11-14-34-106-71-66(75)55(90)41-53(44-86)109-71)49-104-38-26-62(96)82-32-18-29-79-59(93)21-12-15-35-107-72-67(76)69(100)68(99)56(45-87)110-72/h50-56,65-72,85-90,99-100H,2-49,74-76H2,1H3,(H,77,91)(H,78,92)(H,79,93)(H,80,94)(H,81,95)(H,82,96)(H,83,97)/t50-,51+,52?,53?,54?,55?,56?,65?,66?,67?,68?,69?,70?,71?,72?,73?/m0/s1. The zero-order chi connectivity index (χ0) is 80.3. The number of hydrogen-bond acceptors (Lipinski definition) is 29. The molecule has 8 amide bonds. The van der Waals surface area contributed by atoms with Gasteiger partial charge in [0.25, 0.3) is 0 Å². The first-order chi connectivity index (χ1) is 53.0. The van der Waals surface area contributed by atoms with Gasteiger partial charge < -0.3 is 148 Å². The number of β-amino-alcohol motifs (C(OH)–C–C–N with tert-alkyl or cyclic N) is 1. The lowest BCUT2D eigenvalue weighted by atomic mass is 9.98. The Balaban J connectivity index is 1.26. The highest BCUT2D eigenvalue weighted by atomic mass is 16.7. The van der Waals surface area contributed by atoms with Crippen LogP contribution in [0.25, 0.3) is 0 Å². The maximum absolute atomic E-state index is 14.0. The summed E-state index contributed by atoms with van der Waals surface area (Å²) in [5.74, 6) is -1.88. The van der Waals surface area contributed by atoms with E-state index < -0.39 is 98.0 Å². The lowest BCUT2D eigenvalue weighted by molar-refractivity contribution is -0.265. The van der Waals surface area contributed by atoms with Crippen molar-refractivity contribution in [3.63, 3.8) is 0 Å². The fourth-order valence-corrected chi connectivity index (χ4v) is 12.8. The van der Waals surface area contributed by atoms with E-state index in [-0.39, 0.29) is 210 Å². The van der Waals surface area contributed by atoms with Gasteiger partial charge in [-0.2, -0.15) is 0 Å². The summed E-state index contributed by atoms with van der Waals surface area (Å²) < 4.78 is 57.2. The minimum Gasteiger partial charge on any atom is -0.394 e. The van der Waals surface area contributed by atoms with Crippen molar-refractivity contribution < 1.29 is 127 Å². The second-order valence-electron chi connectivity index (χ2n) is 28.9. The largest absolute Gasteiger partial charge is 0.394 e. The topological polar surface area (TPSA) is 556 Å². The molecule has 0 bridgehead atoms. The van der Waals surface area contributed by atoms with Gasteiger partial charge in [0.2, 0.25) is 47.3 Å². The number of methoxy groups -OCH3 is 1. The number of amides is 8. The average Bonchev–Trinajstić information content (AvgIpc) is 0.957. The first-order valence-electron chi connectivity index (χ1n) is 39.8. The molecule has 0 saturated carbocycles. The fraction of sp³-hybridized carbons (Fsp3) is 0.890. The van der Waals surface area contributed by atoms with E-state index in [0.717, 1.165) is 44.9 Å². The third kappa shape index (κ3) is 40.8. The molecular formula is C73H135N11O26. The predicted molar refractivity (Wildman–Crippen MR) is 397 cm³/mol. The summed E-state index contributed by atoms with van der Waals surface area (Å²) in [6.45, 7) is 1.04. The normalized spacial score (nSPS) is 25.3. The van der Waals surface area contributed by atoms with Crippen LogP contribution in [0.4, 0.5) is 0 Å². The summed E-state index contributed by atoms with van der Waals surface area (Å²) in [5.41, 5.74) is 16.5. The average molecular weight is 1580 g/mol. The van der Waals surface area contributed by atoms with Crippen molar-refractivity contribution >= 4 is 47.3 Å². The van der Waals surface area contributed by atoms with E-state index in [1.54, 1.807) is 12.0 Å². The third-order valence-electron chi connectivity index (χ3n) is 19.3. The first-order valence-corrected chi connectivity index (χ1v) is 39.8. The lowest BCUT2D eigenvalue weighted by Gasteiger charge is -2.40. The van der Waals surface area contributed by atoms with Crippen molar-refractivity contribution in [2.75, 3.05) is 139 Å². The van der Waals surface area contributed by atoms with Crippen molar-refractivity contribution in [3.05, 3.63) is 0 Å². The number of aliphatic hydroxyl groups excluding tert-OH is 8. The van der Waals surface area contributed by atoms with E-state index in [2.05, 4.69) is 37.2 Å². The van der Waals surface area contributed by atoms with Crippen LogP contribution in [0.15, 0.2) is 0 Å². The number of ether oxygens (including phenoxy) is 10. The molecule has 0 radical (unpaired) electrons. The van der Waals surface area contributed by atoms with Crippen LogP contribution >= 0.6 is 0 Å². The smallest absolute Gasteiger partial charge is 0.222 e. The number of carbonyl (C=O) groups is 8. The number of hydrogen-bond donors (Lipinski definition) is 18. The molecule has 0 aromatic heterocycles. The van der Waals surface area contributed by atoms with E-state index in [1.165, 1.54) is 0 Å². The molecule has 0 spiro atoms. The maximum Gasteiger partial charge on any atom is 0.222 e. The Bertz CT molecular complexity index is 2470. The van der Waals surface area contributed by atoms with E-state index in [4.69, 9.17) is 64.6 Å². The van der Waals surface area contributed by atoms with Crippen LogP contribution in [0, 0.1) is 0 Å². The predicted octanol–water partition coefficient (Wildman–Crippen LogP) is -3.64. The Morgan fingerprint density at radius 2 is 0.764 bits per heavy atom. The highest BCUT2D eigenvalue weighted by Crippen LogP contribution is 2.25. The van der Waals surface area contributed by atoms with Crippen molar-refractivity contribution in [2.45, 2.75) is 277 Å². The summed E-state index contributed by atoms with van der Waals surface area (Å²) in [4.78, 5) is 105. The minimum absolute atomic E-state index is 0.0270. The zero-order valence-electron chi connectivity index (χ0n) is 64.7. The number of likely N-dealkylation sites (tertiary alicyclic amines) is 1. The number of nitrogens with one attached hydrogen (secondary N) is 7. The molecule has 4 fully saturated rings. The first kappa shape index (κ1) is 97.3. The lowest BCUT2D eigenvalue weighted by Crippen LogP contribution is -2.62. The summed E-state index contributed by atoms with van der Waals surface area (Å²) >= 11 is 0. The van der Waals surface area contributed by atoms with Crippen molar-refractivity contribution in [2.24, 2.45) is 17.2 Å². The molecule has 15 atom stereocenters. The van der Waals surface area contributed by atoms with E-state index >= 15 is 0 Å². The van der Waals surface area contributed by atoms with Crippen molar-refractivity contribution in [1.29, 1.82) is 0 Å². The Labute approximate surface area is 646 Å². The summed E-state index contributed by atoms with van der Waals surface area (Å²) in [6, 6.07) is -2.66. The Kier molecular flexibility index (Phi) is 51.2. The maximum atomic E-state index is 14.0. The molecule has 0 aliphatic carbocycles. The zero-order valence-corrected chi connectivity index (χ0v) is 64.7. The highest BCUT2D eigenvalue weighted by molar-refractivity contribution is 5.79. The molecule has 4 rings (SSSR count). The number of nitrogens with two attached hydrogens (primary N) is 3. The van der Waals surface area contributed by atoms with Crippen LogP contribution in [0.1, 0.15) is 180 Å². The van der Waals surface area contributed by atoms with E-state index in [9.17, 15) is 79.2 Å². The number of aliphatic hydroxyl groups is 8. The molecule has 4 aliphatic rings. The molecule has 638 valence electrons. The molecule has 4 saturated heterocycles. The van der Waals surface area contributed by atoms with Gasteiger partial charge >= 0.3 is 0 Å². The number of carbonyl (C=O) groups excluding carboxylic acids is 8. The second-order valence-corrected chi connectivity index (χ2v) is 28.9. The summed E-state index contributed by atoms with van der Waals surface area (Å²) in [6.07, 6.45) is 2.91. The summed E-state index contributed by atoms with van der Waals surface area (Å²) in [5, 5.41) is 98.9. The molecule has 37 heteroatoms. The molecule has 13 unspecified atom stereocenters. The van der Waals surface area contributed by atoms with Gasteiger partial charge in [-0.05, 0) is 77.0 Å². The molecule has 0 aromatic rings. The van der Waals surface area contributed by atoms with Crippen LogP contribution in [0.5, 0.6) is 0 Å². The Hall–Kier alpha value is -5.08. The van der Waals surface area contributed by atoms with Crippen molar-refractivity contribution in [1.82, 2.24) is 42.1 Å². The van der Waals surface area contributed by atoms with Gasteiger partial charge in [0, 0.05) is 137 Å². The minimum atomic E-state index is -1.38. The molecule has 37 nitrogen and oxygen atoms in total. The van der Waals surface area contributed by atoms with Crippen LogP contribution < -0.4 is 54.4 Å². The highest BCUT2D eigenvalue weighted by Gasteiger charge is 2.44. The molecule has 21 N–H and O–H groups in total. The monoisotopic (exact) mass is 1580 g/mol. The van der Waals surface area contributed by atoms with Crippen LogP contribution in [0.2, 0.25) is 0 Å². The number of rotatable bonds is 62. The summed E-state index contributed by atoms with van der Waals surface area (Å²) in [7, 11) is 1.58. The van der Waals surface area contributed by atoms with E-state index in [1.807, 2.05) is 0 Å². The van der Waals surface area contributed by atoms with Gasteiger partial charge in [-0.25, -0.2) is 0 Å². The molecule has 4 heterocycles. The Morgan fingerprint density at radius 1 is 0.409 bits per heavy atom. The quantitative estimate of drug-likeness (QED) is 0.0261.